The average Bonchev–Trinajstić information content (AvgIpc) is 2.78. The van der Waals surface area contributed by atoms with Crippen molar-refractivity contribution in [3.63, 3.8) is 0 Å². The number of piperidine rings is 1. The normalized spacial score (nSPS) is 16.0. The lowest BCUT2D eigenvalue weighted by molar-refractivity contribution is -0.149. The second-order valence-corrected chi connectivity index (χ2v) is 8.10. The van der Waals surface area contributed by atoms with Crippen molar-refractivity contribution in [2.45, 2.75) is 53.1 Å². The Morgan fingerprint density at radius 3 is 2.34 bits per heavy atom. The van der Waals surface area contributed by atoms with Gasteiger partial charge in [-0.2, -0.15) is 0 Å². The van der Waals surface area contributed by atoms with Gasteiger partial charge in [0.1, 0.15) is 11.5 Å². The predicted molar refractivity (Wildman–Crippen MR) is 123 cm³/mol. The molecule has 0 spiro atoms. The number of ether oxygens (including phenoxy) is 2. The van der Waals surface area contributed by atoms with Crippen molar-refractivity contribution in [1.82, 2.24) is 9.47 Å². The molecule has 7 heteroatoms. The SMILES string of the molecule is CCOC(=O)C1CCN([C@H](c2ccc(OCC)cc2)c2c(O)cc(C)n(CC)c2=O)CC1. The van der Waals surface area contributed by atoms with E-state index in [1.807, 2.05) is 52.0 Å². The molecule has 2 aromatic rings. The molecule has 1 saturated heterocycles. The number of carbonyl (C=O) groups is 1. The molecule has 0 amide bonds. The molecule has 1 aliphatic heterocycles. The summed E-state index contributed by atoms with van der Waals surface area (Å²) in [6.07, 6.45) is 1.31. The number of likely N-dealkylation sites (tertiary alicyclic amines) is 1. The van der Waals surface area contributed by atoms with E-state index in [1.165, 1.54) is 0 Å². The van der Waals surface area contributed by atoms with Crippen molar-refractivity contribution < 1.29 is 19.4 Å². The van der Waals surface area contributed by atoms with E-state index in [2.05, 4.69) is 4.90 Å². The number of pyridine rings is 1. The molecular weight excluding hydrogens is 408 g/mol. The highest BCUT2D eigenvalue weighted by Gasteiger charge is 2.34. The molecule has 1 fully saturated rings. The Labute approximate surface area is 189 Å². The van der Waals surface area contributed by atoms with Gasteiger partial charge >= 0.3 is 5.97 Å². The number of aryl methyl sites for hydroxylation is 1. The van der Waals surface area contributed by atoms with Gasteiger partial charge in [-0.1, -0.05) is 12.1 Å². The van der Waals surface area contributed by atoms with E-state index in [-0.39, 0.29) is 23.2 Å². The molecule has 1 aromatic heterocycles. The molecule has 1 atom stereocenters. The maximum atomic E-state index is 13.4. The Bertz CT molecular complexity index is 975. The largest absolute Gasteiger partial charge is 0.507 e. The van der Waals surface area contributed by atoms with Gasteiger partial charge in [-0.3, -0.25) is 14.5 Å². The molecular formula is C25H34N2O5. The monoisotopic (exact) mass is 442 g/mol. The Morgan fingerprint density at radius 1 is 1.12 bits per heavy atom. The lowest BCUT2D eigenvalue weighted by Gasteiger charge is -2.37. The van der Waals surface area contributed by atoms with Crippen LogP contribution in [0.4, 0.5) is 0 Å². The minimum atomic E-state index is -0.417. The molecule has 0 radical (unpaired) electrons. The summed E-state index contributed by atoms with van der Waals surface area (Å²) < 4.78 is 12.5. The van der Waals surface area contributed by atoms with E-state index in [4.69, 9.17) is 9.47 Å². The second kappa shape index (κ2) is 10.7. The maximum Gasteiger partial charge on any atom is 0.309 e. The zero-order valence-corrected chi connectivity index (χ0v) is 19.5. The molecule has 7 nitrogen and oxygen atoms in total. The van der Waals surface area contributed by atoms with Crippen LogP contribution in [0.25, 0.3) is 0 Å². The fourth-order valence-electron chi connectivity index (χ4n) is 4.55. The zero-order valence-electron chi connectivity index (χ0n) is 19.5. The fourth-order valence-corrected chi connectivity index (χ4v) is 4.55. The van der Waals surface area contributed by atoms with Gasteiger partial charge in [0.15, 0.2) is 0 Å². The fraction of sp³-hybridized carbons (Fsp3) is 0.520. The van der Waals surface area contributed by atoms with Crippen LogP contribution in [0.1, 0.15) is 56.5 Å². The highest BCUT2D eigenvalue weighted by Crippen LogP contribution is 2.36. The highest BCUT2D eigenvalue weighted by molar-refractivity contribution is 5.72. The first kappa shape index (κ1) is 23.9. The number of benzene rings is 1. The minimum absolute atomic E-state index is 0.00333. The van der Waals surface area contributed by atoms with E-state index in [9.17, 15) is 14.7 Å². The van der Waals surface area contributed by atoms with Crippen molar-refractivity contribution in [2.24, 2.45) is 5.92 Å². The van der Waals surface area contributed by atoms with Crippen molar-refractivity contribution in [3.05, 3.63) is 57.5 Å². The number of hydrogen-bond acceptors (Lipinski definition) is 6. The first-order valence-electron chi connectivity index (χ1n) is 11.5. The predicted octanol–water partition coefficient (Wildman–Crippen LogP) is 3.65. The zero-order chi connectivity index (χ0) is 23.3. The average molecular weight is 443 g/mol. The van der Waals surface area contributed by atoms with E-state index >= 15 is 0 Å². The van der Waals surface area contributed by atoms with Crippen LogP contribution in [-0.2, 0) is 16.1 Å². The van der Waals surface area contributed by atoms with Crippen LogP contribution in [-0.4, -0.2) is 46.8 Å². The van der Waals surface area contributed by atoms with E-state index < -0.39 is 6.04 Å². The standard InChI is InChI=1S/C25H34N2O5/c1-5-27-17(4)16-21(28)22(24(27)29)23(18-8-10-20(11-9-18)31-6-2)26-14-12-19(13-15-26)25(30)32-7-3/h8-11,16,19,23,28H,5-7,12-15H2,1-4H3/t23-/m1/s1. The van der Waals surface area contributed by atoms with Gasteiger partial charge in [0, 0.05) is 12.2 Å². The molecule has 0 saturated carbocycles. The molecule has 0 unspecified atom stereocenters. The third-order valence-corrected chi connectivity index (χ3v) is 6.13. The summed E-state index contributed by atoms with van der Waals surface area (Å²) in [5.41, 5.74) is 1.82. The van der Waals surface area contributed by atoms with Gasteiger partial charge in [0.05, 0.1) is 30.7 Å². The Balaban J connectivity index is 2.01. The second-order valence-electron chi connectivity index (χ2n) is 8.10. The number of hydrogen-bond donors (Lipinski definition) is 1. The molecule has 1 aromatic carbocycles. The smallest absolute Gasteiger partial charge is 0.309 e. The third-order valence-electron chi connectivity index (χ3n) is 6.13. The third kappa shape index (κ3) is 4.99. The summed E-state index contributed by atoms with van der Waals surface area (Å²) in [6.45, 7) is 10.2. The van der Waals surface area contributed by atoms with Crippen molar-refractivity contribution in [1.29, 1.82) is 0 Å². The Kier molecular flexibility index (Phi) is 7.96. The molecule has 1 N–H and O–H groups in total. The minimum Gasteiger partial charge on any atom is -0.507 e. The van der Waals surface area contributed by atoms with Crippen molar-refractivity contribution >= 4 is 5.97 Å². The lowest BCUT2D eigenvalue weighted by Crippen LogP contribution is -2.42. The van der Waals surface area contributed by atoms with Crippen molar-refractivity contribution in [3.8, 4) is 11.5 Å². The molecule has 32 heavy (non-hydrogen) atoms. The summed E-state index contributed by atoms with van der Waals surface area (Å²) in [4.78, 5) is 27.8. The molecule has 2 heterocycles. The molecule has 0 aliphatic carbocycles. The Hall–Kier alpha value is -2.80. The molecule has 1 aliphatic rings. The van der Waals surface area contributed by atoms with Gasteiger partial charge in [-0.05, 0) is 77.4 Å². The topological polar surface area (TPSA) is 81.0 Å². The van der Waals surface area contributed by atoms with Gasteiger partial charge in [0.25, 0.3) is 5.56 Å². The van der Waals surface area contributed by atoms with Crippen LogP contribution in [0.15, 0.2) is 35.1 Å². The van der Waals surface area contributed by atoms with E-state index in [0.717, 1.165) is 17.0 Å². The van der Waals surface area contributed by atoms with Crippen LogP contribution < -0.4 is 10.3 Å². The first-order valence-corrected chi connectivity index (χ1v) is 11.5. The molecule has 0 bridgehead atoms. The van der Waals surface area contributed by atoms with E-state index in [1.54, 1.807) is 10.6 Å². The van der Waals surface area contributed by atoms with Crippen molar-refractivity contribution in [2.75, 3.05) is 26.3 Å². The summed E-state index contributed by atoms with van der Waals surface area (Å²) in [5, 5.41) is 10.9. The molecule has 174 valence electrons. The maximum absolute atomic E-state index is 13.4. The van der Waals surface area contributed by atoms with Gasteiger partial charge in [-0.15, -0.1) is 0 Å². The summed E-state index contributed by atoms with van der Waals surface area (Å²) in [6, 6.07) is 8.92. The Morgan fingerprint density at radius 2 is 1.78 bits per heavy atom. The molecule has 3 rings (SSSR count). The number of aromatic nitrogens is 1. The summed E-state index contributed by atoms with van der Waals surface area (Å²) >= 11 is 0. The number of carbonyl (C=O) groups excluding carboxylic acids is 1. The number of aromatic hydroxyl groups is 1. The summed E-state index contributed by atoms with van der Waals surface area (Å²) in [7, 11) is 0. The first-order chi connectivity index (χ1) is 15.4. The number of nitrogens with zero attached hydrogens (tertiary/aromatic N) is 2. The summed E-state index contributed by atoms with van der Waals surface area (Å²) in [5.74, 6) is 0.473. The van der Waals surface area contributed by atoms with Crippen LogP contribution in [0, 0.1) is 12.8 Å². The highest BCUT2D eigenvalue weighted by atomic mass is 16.5. The van der Waals surface area contributed by atoms with Gasteiger partial charge < -0.3 is 19.1 Å². The van der Waals surface area contributed by atoms with Crippen LogP contribution >= 0.6 is 0 Å². The van der Waals surface area contributed by atoms with Gasteiger partial charge in [-0.25, -0.2) is 0 Å². The number of esters is 1. The van der Waals surface area contributed by atoms with Crippen LogP contribution in [0.3, 0.4) is 0 Å². The van der Waals surface area contributed by atoms with Crippen LogP contribution in [0.2, 0.25) is 0 Å². The quantitative estimate of drug-likeness (QED) is 0.629. The van der Waals surface area contributed by atoms with Crippen LogP contribution in [0.5, 0.6) is 11.5 Å². The lowest BCUT2D eigenvalue weighted by atomic mass is 9.91. The van der Waals surface area contributed by atoms with Gasteiger partial charge in [0.2, 0.25) is 0 Å². The van der Waals surface area contributed by atoms with E-state index in [0.29, 0.717) is 51.3 Å². The number of rotatable bonds is 8.